The van der Waals surface area contributed by atoms with Crippen LogP contribution in [0.5, 0.6) is 11.5 Å². The van der Waals surface area contributed by atoms with Gasteiger partial charge >= 0.3 is 0 Å². The van der Waals surface area contributed by atoms with Crippen LogP contribution in [-0.2, 0) is 11.3 Å². The van der Waals surface area contributed by atoms with E-state index < -0.39 is 0 Å². The Balaban J connectivity index is 1.62. The number of nitrogens with zero attached hydrogens (tertiary/aromatic N) is 3. The number of pyridine rings is 1. The number of amides is 1. The number of piperazine rings is 1. The number of carbonyl (C=O) groups is 1. The van der Waals surface area contributed by atoms with Gasteiger partial charge in [-0.2, -0.15) is 0 Å². The van der Waals surface area contributed by atoms with Crippen LogP contribution in [0.1, 0.15) is 5.69 Å². The summed E-state index contributed by atoms with van der Waals surface area (Å²) in [5.41, 5.74) is 5.75. The van der Waals surface area contributed by atoms with Crippen LogP contribution in [0.2, 0.25) is 5.02 Å². The Hall–Kier alpha value is -3.55. The number of benzene rings is 2. The molecule has 5 rings (SSSR count). The standard InChI is InChI=1S/C26H25ClN4O3/c1-33-22-9-5-18(13-23(22)34-2)19-6-10-24-29-26(17-3-7-20(27)8-4-17)21(31(24)14-19)15-30-12-11-28-25(32)16-30/h3-10,13-14H,11-12,15-16H2,1-2H3,(H,28,32). The second kappa shape index (κ2) is 9.37. The molecule has 0 saturated carbocycles. The summed E-state index contributed by atoms with van der Waals surface area (Å²) in [6.07, 6.45) is 2.09. The van der Waals surface area contributed by atoms with Crippen molar-refractivity contribution < 1.29 is 14.3 Å². The zero-order valence-corrected chi connectivity index (χ0v) is 19.8. The Morgan fingerprint density at radius 3 is 2.44 bits per heavy atom. The summed E-state index contributed by atoms with van der Waals surface area (Å²) in [6.45, 7) is 2.39. The minimum Gasteiger partial charge on any atom is -0.493 e. The second-order valence-electron chi connectivity index (χ2n) is 8.19. The third-order valence-corrected chi connectivity index (χ3v) is 6.29. The molecule has 1 aliphatic rings. The first kappa shape index (κ1) is 22.3. The minimum atomic E-state index is 0.0409. The number of ether oxygens (including phenoxy) is 2. The van der Waals surface area contributed by atoms with Crippen molar-refractivity contribution in [1.29, 1.82) is 0 Å². The lowest BCUT2D eigenvalue weighted by Gasteiger charge is -2.26. The van der Waals surface area contributed by atoms with Gasteiger partial charge in [0.05, 0.1) is 32.2 Å². The number of hydrogen-bond donors (Lipinski definition) is 1. The molecule has 2 aromatic carbocycles. The lowest BCUT2D eigenvalue weighted by atomic mass is 10.1. The number of fused-ring (bicyclic) bond motifs is 1. The Morgan fingerprint density at radius 2 is 1.71 bits per heavy atom. The number of methoxy groups -OCH3 is 2. The molecule has 2 aromatic heterocycles. The largest absolute Gasteiger partial charge is 0.493 e. The van der Waals surface area contributed by atoms with Gasteiger partial charge in [0.15, 0.2) is 11.5 Å². The highest BCUT2D eigenvalue weighted by atomic mass is 35.5. The van der Waals surface area contributed by atoms with Gasteiger partial charge in [0.1, 0.15) is 5.65 Å². The summed E-state index contributed by atoms with van der Waals surface area (Å²) in [4.78, 5) is 19.1. The highest BCUT2D eigenvalue weighted by Gasteiger charge is 2.22. The first-order valence-corrected chi connectivity index (χ1v) is 11.4. The predicted octanol–water partition coefficient (Wildman–Crippen LogP) is 4.27. The number of halogens is 1. The van der Waals surface area contributed by atoms with Gasteiger partial charge in [0.2, 0.25) is 5.91 Å². The number of aromatic nitrogens is 2. The van der Waals surface area contributed by atoms with E-state index in [2.05, 4.69) is 20.8 Å². The van der Waals surface area contributed by atoms with Crippen LogP contribution >= 0.6 is 11.6 Å². The fourth-order valence-corrected chi connectivity index (χ4v) is 4.43. The van der Waals surface area contributed by atoms with E-state index in [1.807, 2.05) is 54.6 Å². The maximum Gasteiger partial charge on any atom is 0.234 e. The number of imidazole rings is 1. The molecule has 34 heavy (non-hydrogen) atoms. The van der Waals surface area contributed by atoms with Crippen LogP contribution in [-0.4, -0.2) is 54.0 Å². The zero-order chi connectivity index (χ0) is 23.7. The molecule has 174 valence electrons. The van der Waals surface area contributed by atoms with Gasteiger partial charge in [-0.05, 0) is 47.5 Å². The van der Waals surface area contributed by atoms with Crippen molar-refractivity contribution in [2.75, 3.05) is 33.9 Å². The van der Waals surface area contributed by atoms with Crippen LogP contribution in [0.3, 0.4) is 0 Å². The first-order chi connectivity index (χ1) is 16.6. The molecule has 1 fully saturated rings. The first-order valence-electron chi connectivity index (χ1n) is 11.0. The zero-order valence-electron chi connectivity index (χ0n) is 19.0. The number of nitrogens with one attached hydrogen (secondary N) is 1. The summed E-state index contributed by atoms with van der Waals surface area (Å²) in [7, 11) is 3.26. The monoisotopic (exact) mass is 476 g/mol. The van der Waals surface area contributed by atoms with Gasteiger partial charge in [-0.15, -0.1) is 0 Å². The molecule has 1 amide bonds. The molecule has 0 atom stereocenters. The molecule has 0 aliphatic carbocycles. The number of hydrogen-bond acceptors (Lipinski definition) is 5. The van der Waals surface area contributed by atoms with E-state index >= 15 is 0 Å². The molecule has 0 spiro atoms. The minimum absolute atomic E-state index is 0.0409. The van der Waals surface area contributed by atoms with E-state index in [0.29, 0.717) is 36.2 Å². The van der Waals surface area contributed by atoms with Gasteiger partial charge < -0.3 is 19.2 Å². The van der Waals surface area contributed by atoms with Gasteiger partial charge in [-0.3, -0.25) is 9.69 Å². The van der Waals surface area contributed by atoms with Crippen LogP contribution in [0.4, 0.5) is 0 Å². The van der Waals surface area contributed by atoms with Crippen molar-refractivity contribution in [1.82, 2.24) is 19.6 Å². The number of rotatable bonds is 6. The third-order valence-electron chi connectivity index (χ3n) is 6.04. The van der Waals surface area contributed by atoms with Crippen LogP contribution in [0, 0.1) is 0 Å². The molecule has 1 saturated heterocycles. The average molecular weight is 477 g/mol. The summed E-state index contributed by atoms with van der Waals surface area (Å²) in [5.74, 6) is 1.40. The lowest BCUT2D eigenvalue weighted by molar-refractivity contribution is -0.124. The summed E-state index contributed by atoms with van der Waals surface area (Å²) >= 11 is 6.13. The molecule has 0 radical (unpaired) electrons. The molecule has 1 N–H and O–H groups in total. The fraction of sp³-hybridized carbons (Fsp3) is 0.231. The van der Waals surface area contributed by atoms with Gasteiger partial charge in [-0.1, -0.05) is 29.8 Å². The molecular formula is C26H25ClN4O3. The highest BCUT2D eigenvalue weighted by molar-refractivity contribution is 6.30. The summed E-state index contributed by atoms with van der Waals surface area (Å²) in [6, 6.07) is 17.6. The fourth-order valence-electron chi connectivity index (χ4n) is 4.31. The normalized spacial score (nSPS) is 14.3. The van der Waals surface area contributed by atoms with Gasteiger partial charge in [0.25, 0.3) is 0 Å². The Kier molecular flexibility index (Phi) is 6.13. The second-order valence-corrected chi connectivity index (χ2v) is 8.63. The third kappa shape index (κ3) is 4.32. The lowest BCUT2D eigenvalue weighted by Crippen LogP contribution is -2.47. The van der Waals surface area contributed by atoms with Crippen molar-refractivity contribution in [3.8, 4) is 33.9 Å². The Bertz CT molecular complexity index is 1350. The molecule has 1 aliphatic heterocycles. The predicted molar refractivity (Wildman–Crippen MR) is 132 cm³/mol. The summed E-state index contributed by atoms with van der Waals surface area (Å²) in [5, 5.41) is 3.57. The molecule has 8 heteroatoms. The quantitative estimate of drug-likeness (QED) is 0.450. The molecule has 3 heterocycles. The van der Waals surface area contributed by atoms with Crippen LogP contribution < -0.4 is 14.8 Å². The molecular weight excluding hydrogens is 452 g/mol. The van der Waals surface area contributed by atoms with E-state index in [1.165, 1.54) is 0 Å². The van der Waals surface area contributed by atoms with Crippen LogP contribution in [0.25, 0.3) is 28.0 Å². The van der Waals surface area contributed by atoms with E-state index in [0.717, 1.165) is 40.3 Å². The maximum absolute atomic E-state index is 12.0. The van der Waals surface area contributed by atoms with E-state index in [4.69, 9.17) is 26.1 Å². The van der Waals surface area contributed by atoms with Crippen molar-refractivity contribution in [2.24, 2.45) is 0 Å². The Morgan fingerprint density at radius 1 is 0.971 bits per heavy atom. The highest BCUT2D eigenvalue weighted by Crippen LogP contribution is 2.34. The van der Waals surface area contributed by atoms with E-state index in [9.17, 15) is 4.79 Å². The topological polar surface area (TPSA) is 68.1 Å². The smallest absolute Gasteiger partial charge is 0.234 e. The maximum atomic E-state index is 12.0. The average Bonchev–Trinajstić information content (AvgIpc) is 3.21. The Labute approximate surface area is 202 Å². The van der Waals surface area contributed by atoms with Crippen molar-refractivity contribution in [3.05, 3.63) is 71.5 Å². The van der Waals surface area contributed by atoms with Gasteiger partial charge in [0, 0.05) is 36.4 Å². The van der Waals surface area contributed by atoms with E-state index in [-0.39, 0.29) is 5.91 Å². The van der Waals surface area contributed by atoms with Crippen molar-refractivity contribution in [2.45, 2.75) is 6.54 Å². The summed E-state index contributed by atoms with van der Waals surface area (Å²) < 4.78 is 13.0. The molecule has 4 aromatic rings. The van der Waals surface area contributed by atoms with Gasteiger partial charge in [-0.25, -0.2) is 4.98 Å². The number of carbonyl (C=O) groups excluding carboxylic acids is 1. The van der Waals surface area contributed by atoms with Crippen LogP contribution in [0.15, 0.2) is 60.8 Å². The SMILES string of the molecule is COc1ccc(-c2ccc3nc(-c4ccc(Cl)cc4)c(CN4CCNC(=O)C4)n3c2)cc1OC. The van der Waals surface area contributed by atoms with Crippen molar-refractivity contribution >= 4 is 23.2 Å². The molecule has 0 unspecified atom stereocenters. The van der Waals surface area contributed by atoms with Crippen molar-refractivity contribution in [3.63, 3.8) is 0 Å². The molecule has 7 nitrogen and oxygen atoms in total. The van der Waals surface area contributed by atoms with E-state index in [1.54, 1.807) is 14.2 Å². The molecule has 0 bridgehead atoms.